The fraction of sp³-hybridized carbons (Fsp3) is 0.318. The van der Waals surface area contributed by atoms with Crippen LogP contribution in [0.25, 0.3) is 11.0 Å². The number of aliphatic carboxylic acids is 1. The fourth-order valence-electron chi connectivity index (χ4n) is 3.38. The molecule has 0 saturated carbocycles. The van der Waals surface area contributed by atoms with Crippen molar-refractivity contribution in [3.05, 3.63) is 47.2 Å². The molecule has 32 heavy (non-hydrogen) atoms. The average Bonchev–Trinajstić information content (AvgIpc) is 2.72. The molecule has 168 valence electrons. The number of carbonyl (C=O) groups is 2. The van der Waals surface area contributed by atoms with Gasteiger partial charge in [0.25, 0.3) is 5.91 Å². The van der Waals surface area contributed by atoms with Crippen LogP contribution in [0.1, 0.15) is 41.8 Å². The molecule has 0 unspecified atom stereocenters. The number of hydrogen-bond acceptors (Lipinski definition) is 8. The Morgan fingerprint density at radius 3 is 2.44 bits per heavy atom. The molecule has 3 aromatic rings. The number of hydrogen-bond donors (Lipinski definition) is 5. The van der Waals surface area contributed by atoms with Gasteiger partial charge in [0.15, 0.2) is 5.65 Å². The monoisotopic (exact) mass is 437 g/mol. The van der Waals surface area contributed by atoms with E-state index in [1.54, 1.807) is 30.5 Å². The van der Waals surface area contributed by atoms with E-state index >= 15 is 0 Å². The van der Waals surface area contributed by atoms with Crippen LogP contribution in [0.3, 0.4) is 0 Å². The first-order chi connectivity index (χ1) is 15.2. The van der Waals surface area contributed by atoms with E-state index in [4.69, 9.17) is 11.5 Å². The van der Waals surface area contributed by atoms with Crippen LogP contribution in [0, 0.1) is 12.8 Å². The normalized spacial score (nSPS) is 12.0. The first kappa shape index (κ1) is 22.7. The lowest BCUT2D eigenvalue weighted by atomic mass is 10.0. The zero-order valence-corrected chi connectivity index (χ0v) is 18.2. The SMILES string of the molecule is Cc1c(CNc2ccc(C(=O)N[C@@H](CC(C)C)C(=O)O)cc2)cnc2nc(N)nc(N)c12. The molecule has 1 aromatic carbocycles. The Bertz CT molecular complexity index is 1150. The number of amides is 1. The quantitative estimate of drug-likeness (QED) is 0.355. The summed E-state index contributed by atoms with van der Waals surface area (Å²) in [5, 5.41) is 15.8. The Hall–Kier alpha value is -3.95. The maximum Gasteiger partial charge on any atom is 0.326 e. The number of benzene rings is 1. The van der Waals surface area contributed by atoms with Crippen LogP contribution < -0.4 is 22.1 Å². The second-order valence-electron chi connectivity index (χ2n) is 8.00. The van der Waals surface area contributed by atoms with Crippen LogP contribution >= 0.6 is 0 Å². The molecule has 0 bridgehead atoms. The zero-order valence-electron chi connectivity index (χ0n) is 18.2. The molecular formula is C22H27N7O3. The Balaban J connectivity index is 1.68. The number of nitrogen functional groups attached to an aromatic ring is 2. The first-order valence-corrected chi connectivity index (χ1v) is 10.2. The lowest BCUT2D eigenvalue weighted by molar-refractivity contribution is -0.139. The van der Waals surface area contributed by atoms with Gasteiger partial charge in [-0.2, -0.15) is 9.97 Å². The number of nitrogens with zero attached hydrogens (tertiary/aromatic N) is 3. The molecule has 10 heteroatoms. The number of carboxylic acid groups (broad SMARTS) is 1. The number of nitrogens with one attached hydrogen (secondary N) is 2. The molecule has 0 saturated heterocycles. The highest BCUT2D eigenvalue weighted by atomic mass is 16.4. The molecule has 10 nitrogen and oxygen atoms in total. The number of anilines is 3. The third-order valence-electron chi connectivity index (χ3n) is 5.08. The standard InChI is InChI=1S/C22H27N7O3/c1-11(2)8-16(21(31)32)27-20(30)13-4-6-15(7-5-13)25-9-14-10-26-19-17(12(14)3)18(23)28-22(24)29-19/h4-7,10-11,16,25H,8-9H2,1-3H3,(H,27,30)(H,31,32)(H4,23,24,26,28,29)/t16-/m0/s1. The molecule has 0 aliphatic carbocycles. The van der Waals surface area contributed by atoms with E-state index in [2.05, 4.69) is 25.6 Å². The Morgan fingerprint density at radius 2 is 1.81 bits per heavy atom. The van der Waals surface area contributed by atoms with E-state index in [9.17, 15) is 14.7 Å². The lowest BCUT2D eigenvalue weighted by Crippen LogP contribution is -2.41. The maximum atomic E-state index is 12.4. The molecular weight excluding hydrogens is 410 g/mol. The Morgan fingerprint density at radius 1 is 1.12 bits per heavy atom. The van der Waals surface area contributed by atoms with Crippen LogP contribution in [-0.4, -0.2) is 38.0 Å². The number of carboxylic acids is 1. The van der Waals surface area contributed by atoms with Gasteiger partial charge in [0.1, 0.15) is 11.9 Å². The Kier molecular flexibility index (Phi) is 6.72. The molecule has 0 aliphatic rings. The van der Waals surface area contributed by atoms with E-state index in [1.807, 2.05) is 20.8 Å². The van der Waals surface area contributed by atoms with Gasteiger partial charge >= 0.3 is 5.97 Å². The van der Waals surface area contributed by atoms with Crippen LogP contribution in [-0.2, 0) is 11.3 Å². The number of pyridine rings is 1. The maximum absolute atomic E-state index is 12.4. The van der Waals surface area contributed by atoms with Gasteiger partial charge in [0.05, 0.1) is 5.39 Å². The summed E-state index contributed by atoms with van der Waals surface area (Å²) in [5.74, 6) is -0.953. The van der Waals surface area contributed by atoms with Crippen molar-refractivity contribution in [1.82, 2.24) is 20.3 Å². The van der Waals surface area contributed by atoms with E-state index in [0.29, 0.717) is 29.6 Å². The van der Waals surface area contributed by atoms with Crippen molar-refractivity contribution in [1.29, 1.82) is 0 Å². The van der Waals surface area contributed by atoms with Crippen molar-refractivity contribution in [2.24, 2.45) is 5.92 Å². The highest BCUT2D eigenvalue weighted by Gasteiger charge is 2.21. The largest absolute Gasteiger partial charge is 0.480 e. The third-order valence-corrected chi connectivity index (χ3v) is 5.08. The molecule has 1 atom stereocenters. The highest BCUT2D eigenvalue weighted by Crippen LogP contribution is 2.24. The van der Waals surface area contributed by atoms with Gasteiger partial charge in [0, 0.05) is 24.0 Å². The second-order valence-corrected chi connectivity index (χ2v) is 8.00. The summed E-state index contributed by atoms with van der Waals surface area (Å²) < 4.78 is 0. The topological polar surface area (TPSA) is 169 Å². The van der Waals surface area contributed by atoms with Crippen molar-refractivity contribution in [2.45, 2.75) is 39.8 Å². The van der Waals surface area contributed by atoms with Crippen LogP contribution in [0.4, 0.5) is 17.5 Å². The van der Waals surface area contributed by atoms with E-state index < -0.39 is 17.9 Å². The second kappa shape index (κ2) is 9.46. The van der Waals surface area contributed by atoms with Crippen LogP contribution in [0.2, 0.25) is 0 Å². The molecule has 0 radical (unpaired) electrons. The number of aromatic nitrogens is 3. The minimum absolute atomic E-state index is 0.0794. The van der Waals surface area contributed by atoms with Gasteiger partial charge in [-0.05, 0) is 54.7 Å². The smallest absolute Gasteiger partial charge is 0.326 e. The van der Waals surface area contributed by atoms with E-state index in [1.165, 1.54) is 0 Å². The molecule has 2 heterocycles. The van der Waals surface area contributed by atoms with Crippen molar-refractivity contribution < 1.29 is 14.7 Å². The predicted octanol–water partition coefficient (Wildman–Crippen LogP) is 2.34. The third kappa shape index (κ3) is 5.20. The van der Waals surface area contributed by atoms with Gasteiger partial charge < -0.3 is 27.2 Å². The van der Waals surface area contributed by atoms with Crippen LogP contribution in [0.5, 0.6) is 0 Å². The number of aryl methyl sites for hydroxylation is 1. The highest BCUT2D eigenvalue weighted by molar-refractivity contribution is 5.96. The minimum atomic E-state index is -1.04. The summed E-state index contributed by atoms with van der Waals surface area (Å²) in [4.78, 5) is 36.2. The summed E-state index contributed by atoms with van der Waals surface area (Å²) in [5.41, 5.74) is 15.1. The van der Waals surface area contributed by atoms with E-state index in [0.717, 1.165) is 16.8 Å². The molecule has 0 aliphatic heterocycles. The molecule has 0 fully saturated rings. The minimum Gasteiger partial charge on any atom is -0.480 e. The molecule has 2 aromatic heterocycles. The first-order valence-electron chi connectivity index (χ1n) is 10.2. The predicted molar refractivity (Wildman–Crippen MR) is 123 cm³/mol. The van der Waals surface area contributed by atoms with Crippen LogP contribution in [0.15, 0.2) is 30.5 Å². The summed E-state index contributed by atoms with van der Waals surface area (Å²) >= 11 is 0. The molecule has 7 N–H and O–H groups in total. The Labute approximate surface area is 185 Å². The molecule has 0 spiro atoms. The van der Waals surface area contributed by atoms with Crippen molar-refractivity contribution >= 4 is 40.4 Å². The number of nitrogens with two attached hydrogens (primary N) is 2. The zero-order chi connectivity index (χ0) is 23.4. The lowest BCUT2D eigenvalue weighted by Gasteiger charge is -2.16. The van der Waals surface area contributed by atoms with E-state index in [-0.39, 0.29) is 17.7 Å². The van der Waals surface area contributed by atoms with Gasteiger partial charge in [-0.3, -0.25) is 4.79 Å². The van der Waals surface area contributed by atoms with Gasteiger partial charge in [-0.1, -0.05) is 13.8 Å². The van der Waals surface area contributed by atoms with Gasteiger partial charge in [-0.25, -0.2) is 9.78 Å². The molecule has 3 rings (SSSR count). The summed E-state index contributed by atoms with van der Waals surface area (Å²) in [6.45, 7) is 6.21. The average molecular weight is 438 g/mol. The number of rotatable bonds is 8. The summed E-state index contributed by atoms with van der Waals surface area (Å²) in [7, 11) is 0. The van der Waals surface area contributed by atoms with Gasteiger partial charge in [-0.15, -0.1) is 0 Å². The summed E-state index contributed by atoms with van der Waals surface area (Å²) in [6, 6.07) is 5.89. The van der Waals surface area contributed by atoms with Crippen molar-refractivity contribution in [2.75, 3.05) is 16.8 Å². The number of fused-ring (bicyclic) bond motifs is 1. The van der Waals surface area contributed by atoms with Crippen molar-refractivity contribution in [3.63, 3.8) is 0 Å². The van der Waals surface area contributed by atoms with Gasteiger partial charge in [0.2, 0.25) is 5.95 Å². The molecule has 1 amide bonds. The number of carbonyl (C=O) groups excluding carboxylic acids is 1. The fourth-order valence-corrected chi connectivity index (χ4v) is 3.38. The van der Waals surface area contributed by atoms with Crippen molar-refractivity contribution in [3.8, 4) is 0 Å². The summed E-state index contributed by atoms with van der Waals surface area (Å²) in [6.07, 6.45) is 2.07.